The van der Waals surface area contributed by atoms with E-state index >= 15 is 0 Å². The highest BCUT2D eigenvalue weighted by Gasteiger charge is 2.10. The highest BCUT2D eigenvalue weighted by Crippen LogP contribution is 2.20. The maximum absolute atomic E-state index is 12.1. The van der Waals surface area contributed by atoms with Crippen molar-refractivity contribution in [2.45, 2.75) is 0 Å². The van der Waals surface area contributed by atoms with E-state index in [0.717, 1.165) is 11.3 Å². The number of amides is 1. The van der Waals surface area contributed by atoms with Crippen LogP contribution in [0.4, 0.5) is 5.69 Å². The van der Waals surface area contributed by atoms with Gasteiger partial charge in [0.05, 0.1) is 23.8 Å². The molecule has 0 aliphatic rings. The molecular formula is C15H11ClN4O. The van der Waals surface area contributed by atoms with Crippen molar-refractivity contribution in [1.29, 1.82) is 0 Å². The Morgan fingerprint density at radius 2 is 2.00 bits per heavy atom. The number of nitrogens with one attached hydrogen (secondary N) is 2. The van der Waals surface area contributed by atoms with E-state index in [1.165, 1.54) is 6.20 Å². The molecule has 0 unspecified atom stereocenters. The second kappa shape index (κ2) is 5.76. The van der Waals surface area contributed by atoms with Crippen molar-refractivity contribution in [2.24, 2.45) is 0 Å². The minimum Gasteiger partial charge on any atom is -0.345 e. The van der Waals surface area contributed by atoms with Crippen LogP contribution in [-0.4, -0.2) is 20.9 Å². The van der Waals surface area contributed by atoms with Crippen molar-refractivity contribution in [3.63, 3.8) is 0 Å². The maximum atomic E-state index is 12.1. The Morgan fingerprint density at radius 3 is 2.67 bits per heavy atom. The van der Waals surface area contributed by atoms with Crippen LogP contribution < -0.4 is 5.32 Å². The Bertz CT molecular complexity index is 754. The van der Waals surface area contributed by atoms with Crippen LogP contribution in [-0.2, 0) is 0 Å². The highest BCUT2D eigenvalue weighted by atomic mass is 35.5. The Kier molecular flexibility index (Phi) is 3.66. The van der Waals surface area contributed by atoms with Crippen LogP contribution in [0.25, 0.3) is 11.3 Å². The number of aromatic nitrogens is 3. The summed E-state index contributed by atoms with van der Waals surface area (Å²) in [6.07, 6.45) is 4.90. The molecule has 104 valence electrons. The minimum absolute atomic E-state index is 0.184. The van der Waals surface area contributed by atoms with Crippen LogP contribution in [0.2, 0.25) is 5.15 Å². The second-order valence-electron chi connectivity index (χ2n) is 4.34. The molecular weight excluding hydrogens is 288 g/mol. The summed E-state index contributed by atoms with van der Waals surface area (Å²) in [5, 5.41) is 2.97. The normalized spacial score (nSPS) is 10.3. The van der Waals surface area contributed by atoms with Gasteiger partial charge in [-0.3, -0.25) is 4.79 Å². The molecule has 0 spiro atoms. The number of anilines is 1. The number of benzene rings is 1. The molecule has 5 nitrogen and oxygen atoms in total. The summed E-state index contributed by atoms with van der Waals surface area (Å²) < 4.78 is 0. The number of carbonyl (C=O) groups excluding carboxylic acids is 1. The molecule has 0 fully saturated rings. The number of hydrogen-bond donors (Lipinski definition) is 2. The van der Waals surface area contributed by atoms with Gasteiger partial charge < -0.3 is 10.3 Å². The van der Waals surface area contributed by atoms with Crippen LogP contribution in [0.3, 0.4) is 0 Å². The number of carbonyl (C=O) groups is 1. The summed E-state index contributed by atoms with van der Waals surface area (Å²) >= 11 is 5.90. The van der Waals surface area contributed by atoms with Crippen molar-refractivity contribution < 1.29 is 4.79 Å². The second-order valence-corrected chi connectivity index (χ2v) is 4.70. The predicted molar refractivity (Wildman–Crippen MR) is 81.2 cm³/mol. The van der Waals surface area contributed by atoms with Crippen molar-refractivity contribution >= 4 is 23.2 Å². The summed E-state index contributed by atoms with van der Waals surface area (Å²) in [5.41, 5.74) is 2.94. The van der Waals surface area contributed by atoms with Crippen LogP contribution >= 0.6 is 11.6 Å². The molecule has 1 aromatic carbocycles. The number of pyridine rings is 1. The van der Waals surface area contributed by atoms with Gasteiger partial charge in [0, 0.05) is 11.9 Å². The standard InChI is InChI=1S/C15H11ClN4O/c16-14-12(2-1-7-18-14)15(21)20-11-5-3-10(4-6-11)13-8-17-9-19-13/h1-9H,(H,17,19)(H,20,21). The van der Waals surface area contributed by atoms with Gasteiger partial charge in [-0.25, -0.2) is 9.97 Å². The first-order valence-electron chi connectivity index (χ1n) is 6.25. The first-order chi connectivity index (χ1) is 10.2. The van der Waals surface area contributed by atoms with Gasteiger partial charge in [-0.05, 0) is 29.8 Å². The molecule has 2 heterocycles. The smallest absolute Gasteiger partial charge is 0.258 e. The predicted octanol–water partition coefficient (Wildman–Crippen LogP) is 3.38. The fraction of sp³-hybridized carbons (Fsp3) is 0. The fourth-order valence-corrected chi connectivity index (χ4v) is 2.11. The Balaban J connectivity index is 1.77. The number of nitrogens with zero attached hydrogens (tertiary/aromatic N) is 2. The Hall–Kier alpha value is -2.66. The number of H-pyrrole nitrogens is 1. The Morgan fingerprint density at radius 1 is 1.19 bits per heavy atom. The number of rotatable bonds is 3. The van der Waals surface area contributed by atoms with Crippen LogP contribution in [0.5, 0.6) is 0 Å². The number of hydrogen-bond acceptors (Lipinski definition) is 3. The third-order valence-electron chi connectivity index (χ3n) is 2.96. The number of halogens is 1. The van der Waals surface area contributed by atoms with Gasteiger partial charge >= 0.3 is 0 Å². The topological polar surface area (TPSA) is 70.7 Å². The summed E-state index contributed by atoms with van der Waals surface area (Å²) in [4.78, 5) is 23.0. The van der Waals surface area contributed by atoms with Gasteiger partial charge in [0.15, 0.2) is 0 Å². The van der Waals surface area contributed by atoms with Gasteiger partial charge in [-0.2, -0.15) is 0 Å². The van der Waals surface area contributed by atoms with E-state index in [4.69, 9.17) is 11.6 Å². The van der Waals surface area contributed by atoms with E-state index in [-0.39, 0.29) is 11.1 Å². The summed E-state index contributed by atoms with van der Waals surface area (Å²) in [7, 11) is 0. The molecule has 3 aromatic rings. The molecule has 3 rings (SSSR count). The van der Waals surface area contributed by atoms with Crippen LogP contribution in [0.1, 0.15) is 10.4 Å². The number of aromatic amines is 1. The molecule has 0 atom stereocenters. The van der Waals surface area contributed by atoms with Gasteiger partial charge in [0.1, 0.15) is 5.15 Å². The van der Waals surface area contributed by atoms with Gasteiger partial charge in [-0.1, -0.05) is 23.7 Å². The van der Waals surface area contributed by atoms with E-state index in [2.05, 4.69) is 20.3 Å². The van der Waals surface area contributed by atoms with Gasteiger partial charge in [0.25, 0.3) is 5.91 Å². The summed E-state index contributed by atoms with van der Waals surface area (Å²) in [6.45, 7) is 0. The van der Waals surface area contributed by atoms with Gasteiger partial charge in [0.2, 0.25) is 0 Å². The third-order valence-corrected chi connectivity index (χ3v) is 3.26. The van der Waals surface area contributed by atoms with Crippen molar-refractivity contribution in [3.05, 3.63) is 65.8 Å². The largest absolute Gasteiger partial charge is 0.345 e. The van der Waals surface area contributed by atoms with Crippen molar-refractivity contribution in [2.75, 3.05) is 5.32 Å². The molecule has 1 amide bonds. The molecule has 2 N–H and O–H groups in total. The Labute approximate surface area is 126 Å². The molecule has 0 bridgehead atoms. The van der Waals surface area contributed by atoms with Crippen LogP contribution in [0.15, 0.2) is 55.1 Å². The monoisotopic (exact) mass is 298 g/mol. The molecule has 0 saturated heterocycles. The lowest BCUT2D eigenvalue weighted by Gasteiger charge is -2.06. The first kappa shape index (κ1) is 13.3. The first-order valence-corrected chi connectivity index (χ1v) is 6.62. The summed E-state index contributed by atoms with van der Waals surface area (Å²) in [6, 6.07) is 10.7. The van der Waals surface area contributed by atoms with E-state index in [9.17, 15) is 4.79 Å². The molecule has 6 heteroatoms. The van der Waals surface area contributed by atoms with Crippen LogP contribution in [0, 0.1) is 0 Å². The molecule has 0 saturated carbocycles. The molecule has 0 aliphatic carbocycles. The zero-order valence-electron chi connectivity index (χ0n) is 10.9. The lowest BCUT2D eigenvalue weighted by molar-refractivity contribution is 0.102. The van der Waals surface area contributed by atoms with E-state index < -0.39 is 0 Å². The van der Waals surface area contributed by atoms with E-state index in [1.807, 2.05) is 24.3 Å². The van der Waals surface area contributed by atoms with Crippen molar-refractivity contribution in [3.8, 4) is 11.3 Å². The average molecular weight is 299 g/mol. The molecule has 2 aromatic heterocycles. The zero-order valence-corrected chi connectivity index (χ0v) is 11.6. The van der Waals surface area contributed by atoms with Crippen molar-refractivity contribution in [1.82, 2.24) is 15.0 Å². The minimum atomic E-state index is -0.289. The number of imidazole rings is 1. The lowest BCUT2D eigenvalue weighted by Crippen LogP contribution is -2.12. The summed E-state index contributed by atoms with van der Waals surface area (Å²) in [5.74, 6) is -0.289. The van der Waals surface area contributed by atoms with E-state index in [1.54, 1.807) is 24.7 Å². The maximum Gasteiger partial charge on any atom is 0.258 e. The molecule has 0 aliphatic heterocycles. The lowest BCUT2D eigenvalue weighted by atomic mass is 10.1. The molecule has 21 heavy (non-hydrogen) atoms. The highest BCUT2D eigenvalue weighted by molar-refractivity contribution is 6.33. The SMILES string of the molecule is O=C(Nc1ccc(-c2cnc[nH]2)cc1)c1cccnc1Cl. The zero-order chi connectivity index (χ0) is 14.7. The van der Waals surface area contributed by atoms with Gasteiger partial charge in [-0.15, -0.1) is 0 Å². The fourth-order valence-electron chi connectivity index (χ4n) is 1.90. The average Bonchev–Trinajstić information content (AvgIpc) is 3.02. The quantitative estimate of drug-likeness (QED) is 0.728. The molecule has 0 radical (unpaired) electrons. The van der Waals surface area contributed by atoms with E-state index in [0.29, 0.717) is 11.3 Å². The third kappa shape index (κ3) is 2.93.